The van der Waals surface area contributed by atoms with Crippen LogP contribution < -0.4 is 15.0 Å². The fourth-order valence-corrected chi connectivity index (χ4v) is 2.60. The molecule has 5 heteroatoms. The molecular formula is C17H24N2O3. The highest BCUT2D eigenvalue weighted by molar-refractivity contribution is 6.03. The number of methoxy groups -OCH3 is 1. The second-order valence-electron chi connectivity index (χ2n) is 5.99. The fraction of sp³-hybridized carbons (Fsp3) is 0.529. The smallest absolute Gasteiger partial charge is 0.243 e. The lowest BCUT2D eigenvalue weighted by atomic mass is 10.1. The Kier molecular flexibility index (Phi) is 5.41. The van der Waals surface area contributed by atoms with Crippen LogP contribution in [0.3, 0.4) is 0 Å². The van der Waals surface area contributed by atoms with E-state index in [4.69, 9.17) is 4.74 Å². The number of anilines is 1. The lowest BCUT2D eigenvalue weighted by molar-refractivity contribution is -0.123. The van der Waals surface area contributed by atoms with Crippen molar-refractivity contribution in [2.45, 2.75) is 39.2 Å². The molecule has 1 aliphatic heterocycles. The zero-order valence-electron chi connectivity index (χ0n) is 13.5. The largest absolute Gasteiger partial charge is 0.497 e. The van der Waals surface area contributed by atoms with Crippen molar-refractivity contribution in [2.24, 2.45) is 5.92 Å². The highest BCUT2D eigenvalue weighted by atomic mass is 16.5. The minimum atomic E-state index is -0.409. The van der Waals surface area contributed by atoms with Gasteiger partial charge in [0.1, 0.15) is 11.8 Å². The van der Waals surface area contributed by atoms with Crippen LogP contribution in [0, 0.1) is 5.92 Å². The predicted octanol–water partition coefficient (Wildman–Crippen LogP) is 2.35. The van der Waals surface area contributed by atoms with E-state index in [1.165, 1.54) is 0 Å². The molecule has 120 valence electrons. The number of benzene rings is 1. The Bertz CT molecular complexity index is 525. The van der Waals surface area contributed by atoms with E-state index in [0.29, 0.717) is 25.3 Å². The zero-order valence-corrected chi connectivity index (χ0v) is 13.5. The van der Waals surface area contributed by atoms with Crippen molar-refractivity contribution in [2.75, 3.05) is 18.6 Å². The minimum absolute atomic E-state index is 0.00539. The van der Waals surface area contributed by atoms with Gasteiger partial charge in [-0.05, 0) is 43.0 Å². The van der Waals surface area contributed by atoms with Gasteiger partial charge in [0.25, 0.3) is 0 Å². The van der Waals surface area contributed by atoms with E-state index >= 15 is 0 Å². The standard InChI is InChI=1S/C17H24N2O3/c1-12(2)10-11-18-17(21)15-8-9-16(20)19(15)13-4-6-14(22-3)7-5-13/h4-7,12,15H,8-11H2,1-3H3,(H,18,21). The number of hydrogen-bond acceptors (Lipinski definition) is 3. The molecule has 1 saturated heterocycles. The number of nitrogens with one attached hydrogen (secondary N) is 1. The molecule has 0 aromatic heterocycles. The van der Waals surface area contributed by atoms with Crippen LogP contribution in [-0.2, 0) is 9.59 Å². The maximum atomic E-state index is 12.3. The summed E-state index contributed by atoms with van der Waals surface area (Å²) in [6.07, 6.45) is 1.92. The van der Waals surface area contributed by atoms with Crippen molar-refractivity contribution in [1.29, 1.82) is 0 Å². The van der Waals surface area contributed by atoms with Crippen LogP contribution in [0.5, 0.6) is 5.75 Å². The van der Waals surface area contributed by atoms with Crippen molar-refractivity contribution in [3.8, 4) is 5.75 Å². The first-order chi connectivity index (χ1) is 10.5. The molecule has 0 bridgehead atoms. The Morgan fingerprint density at radius 3 is 2.64 bits per heavy atom. The summed E-state index contributed by atoms with van der Waals surface area (Å²) in [5, 5.41) is 2.94. The van der Waals surface area contributed by atoms with Gasteiger partial charge in [-0.3, -0.25) is 14.5 Å². The molecule has 1 fully saturated rings. The summed E-state index contributed by atoms with van der Waals surface area (Å²) in [6.45, 7) is 4.89. The molecule has 0 aliphatic carbocycles. The maximum absolute atomic E-state index is 12.3. The summed E-state index contributed by atoms with van der Waals surface area (Å²) < 4.78 is 5.13. The number of amides is 2. The number of carbonyl (C=O) groups is 2. The van der Waals surface area contributed by atoms with Crippen LogP contribution in [0.25, 0.3) is 0 Å². The Morgan fingerprint density at radius 1 is 1.36 bits per heavy atom. The molecule has 0 saturated carbocycles. The number of rotatable bonds is 6. The highest BCUT2D eigenvalue weighted by Crippen LogP contribution is 2.28. The summed E-state index contributed by atoms with van der Waals surface area (Å²) >= 11 is 0. The van der Waals surface area contributed by atoms with E-state index in [2.05, 4.69) is 19.2 Å². The van der Waals surface area contributed by atoms with Crippen molar-refractivity contribution in [3.63, 3.8) is 0 Å². The molecule has 1 unspecified atom stereocenters. The van der Waals surface area contributed by atoms with Gasteiger partial charge in [0.05, 0.1) is 7.11 Å². The first-order valence-electron chi connectivity index (χ1n) is 7.76. The first-order valence-corrected chi connectivity index (χ1v) is 7.76. The molecule has 22 heavy (non-hydrogen) atoms. The van der Waals surface area contributed by atoms with Crippen molar-refractivity contribution in [1.82, 2.24) is 5.32 Å². The summed E-state index contributed by atoms with van der Waals surface area (Å²) in [7, 11) is 1.60. The van der Waals surface area contributed by atoms with Gasteiger partial charge < -0.3 is 10.1 Å². The highest BCUT2D eigenvalue weighted by Gasteiger charge is 2.36. The van der Waals surface area contributed by atoms with Gasteiger partial charge in [-0.25, -0.2) is 0 Å². The van der Waals surface area contributed by atoms with Crippen LogP contribution >= 0.6 is 0 Å². The number of ether oxygens (including phenoxy) is 1. The van der Waals surface area contributed by atoms with E-state index < -0.39 is 6.04 Å². The molecule has 1 aromatic carbocycles. The van der Waals surface area contributed by atoms with E-state index in [-0.39, 0.29) is 11.8 Å². The molecular weight excluding hydrogens is 280 g/mol. The first kappa shape index (κ1) is 16.3. The van der Waals surface area contributed by atoms with Gasteiger partial charge in [0.2, 0.25) is 11.8 Å². The average Bonchev–Trinajstić information content (AvgIpc) is 2.88. The molecule has 1 heterocycles. The lowest BCUT2D eigenvalue weighted by Crippen LogP contribution is -2.45. The maximum Gasteiger partial charge on any atom is 0.243 e. The van der Waals surface area contributed by atoms with Gasteiger partial charge in [0, 0.05) is 18.7 Å². The quantitative estimate of drug-likeness (QED) is 0.877. The predicted molar refractivity (Wildman–Crippen MR) is 86.0 cm³/mol. The number of nitrogens with zero attached hydrogens (tertiary/aromatic N) is 1. The summed E-state index contributed by atoms with van der Waals surface area (Å²) in [5.74, 6) is 1.20. The average molecular weight is 304 g/mol. The van der Waals surface area contributed by atoms with Gasteiger partial charge in [-0.2, -0.15) is 0 Å². The SMILES string of the molecule is COc1ccc(N2C(=O)CCC2C(=O)NCCC(C)C)cc1. The Labute approximate surface area is 131 Å². The molecule has 1 N–H and O–H groups in total. The third-order valence-corrected chi connectivity index (χ3v) is 3.89. The monoisotopic (exact) mass is 304 g/mol. The van der Waals surface area contributed by atoms with E-state index in [0.717, 1.165) is 17.9 Å². The van der Waals surface area contributed by atoms with Crippen LogP contribution in [0.1, 0.15) is 33.1 Å². The van der Waals surface area contributed by atoms with Crippen LogP contribution in [0.2, 0.25) is 0 Å². The van der Waals surface area contributed by atoms with Gasteiger partial charge >= 0.3 is 0 Å². The summed E-state index contributed by atoms with van der Waals surface area (Å²) in [5.41, 5.74) is 0.743. The normalized spacial score (nSPS) is 17.9. The van der Waals surface area contributed by atoms with Gasteiger partial charge in [0.15, 0.2) is 0 Å². The molecule has 2 amide bonds. The van der Waals surface area contributed by atoms with E-state index in [1.54, 1.807) is 24.1 Å². The Balaban J connectivity index is 2.06. The van der Waals surface area contributed by atoms with Crippen molar-refractivity contribution >= 4 is 17.5 Å². The molecule has 1 aromatic rings. The Hall–Kier alpha value is -2.04. The van der Waals surface area contributed by atoms with Crippen molar-refractivity contribution < 1.29 is 14.3 Å². The van der Waals surface area contributed by atoms with Gasteiger partial charge in [-0.1, -0.05) is 13.8 Å². The van der Waals surface area contributed by atoms with E-state index in [1.807, 2.05) is 12.1 Å². The third kappa shape index (κ3) is 3.78. The van der Waals surface area contributed by atoms with Crippen LogP contribution in [0.4, 0.5) is 5.69 Å². The molecule has 1 atom stereocenters. The summed E-state index contributed by atoms with van der Waals surface area (Å²) in [6, 6.07) is 6.82. The lowest BCUT2D eigenvalue weighted by Gasteiger charge is -2.24. The molecule has 5 nitrogen and oxygen atoms in total. The molecule has 0 radical (unpaired) electrons. The van der Waals surface area contributed by atoms with Crippen molar-refractivity contribution in [3.05, 3.63) is 24.3 Å². The molecule has 0 spiro atoms. The third-order valence-electron chi connectivity index (χ3n) is 3.89. The second-order valence-corrected chi connectivity index (χ2v) is 5.99. The fourth-order valence-electron chi connectivity index (χ4n) is 2.60. The number of hydrogen-bond donors (Lipinski definition) is 1. The second kappa shape index (κ2) is 7.29. The molecule has 2 rings (SSSR count). The molecule has 1 aliphatic rings. The number of carbonyl (C=O) groups excluding carboxylic acids is 2. The minimum Gasteiger partial charge on any atom is -0.497 e. The van der Waals surface area contributed by atoms with Crippen LogP contribution in [-0.4, -0.2) is 31.5 Å². The van der Waals surface area contributed by atoms with Crippen LogP contribution in [0.15, 0.2) is 24.3 Å². The topological polar surface area (TPSA) is 58.6 Å². The van der Waals surface area contributed by atoms with Gasteiger partial charge in [-0.15, -0.1) is 0 Å². The summed E-state index contributed by atoms with van der Waals surface area (Å²) in [4.78, 5) is 26.1. The Morgan fingerprint density at radius 2 is 2.05 bits per heavy atom. The van der Waals surface area contributed by atoms with E-state index in [9.17, 15) is 9.59 Å². The zero-order chi connectivity index (χ0) is 16.1.